The fraction of sp³-hybridized carbons (Fsp3) is 0.226. The predicted molar refractivity (Wildman–Crippen MR) is 281 cm³/mol. The molecule has 79 heavy (non-hydrogen) atoms. The summed E-state index contributed by atoms with van der Waals surface area (Å²) in [6, 6.07) is 37.4. The van der Waals surface area contributed by atoms with E-state index in [0.29, 0.717) is 66.8 Å². The lowest BCUT2D eigenvalue weighted by molar-refractivity contribution is -0.277. The van der Waals surface area contributed by atoms with Gasteiger partial charge in [0.2, 0.25) is 6.29 Å². The second-order valence-electron chi connectivity index (χ2n) is 21.0. The second-order valence-corrected chi connectivity index (χ2v) is 21.0. The van der Waals surface area contributed by atoms with E-state index in [1.165, 1.54) is 72.8 Å². The highest BCUT2D eigenvalue weighted by molar-refractivity contribution is 5.71. The summed E-state index contributed by atoms with van der Waals surface area (Å²) in [6.45, 7) is -0.782. The molecular formula is C62H52O17. The second kappa shape index (κ2) is 18.7. The van der Waals surface area contributed by atoms with E-state index in [0.717, 1.165) is 0 Å². The van der Waals surface area contributed by atoms with Crippen LogP contribution in [0, 0.1) is 0 Å². The van der Waals surface area contributed by atoms with Crippen molar-refractivity contribution in [2.24, 2.45) is 0 Å². The number of hydrogen-bond acceptors (Lipinski definition) is 17. The van der Waals surface area contributed by atoms with Crippen molar-refractivity contribution in [2.75, 3.05) is 6.61 Å². The summed E-state index contributed by atoms with van der Waals surface area (Å²) < 4.78 is 26.6. The van der Waals surface area contributed by atoms with Crippen LogP contribution in [0.4, 0.5) is 0 Å². The van der Waals surface area contributed by atoms with Crippen LogP contribution in [0.3, 0.4) is 0 Å². The third kappa shape index (κ3) is 8.02. The molecule has 13 atom stereocenters. The van der Waals surface area contributed by atoms with Crippen LogP contribution in [0.25, 0.3) is 0 Å². The first kappa shape index (κ1) is 49.7. The number of aromatic hydroxyl groups is 9. The number of fused-ring (bicyclic) bond motifs is 4. The molecule has 3 heterocycles. The molecule has 13 N–H and O–H groups in total. The van der Waals surface area contributed by atoms with E-state index in [1.54, 1.807) is 72.8 Å². The number of aliphatic hydroxyl groups excluding tert-OH is 4. The first-order chi connectivity index (χ1) is 38.0. The standard InChI is InChI=1S/C62H52O17/c63-25-46-57(73)58(74)59(75)62(79-46)78-45-24-37(71)20-41-50(45)48(27-3-11-31(65)12-4-27)54(40-19-36(70)23-44-52(40)56(41)61(77-44)29-7-15-33(67)16-8-29)53-39-18-35(69)22-43-51(39)55(60(76-43)28-5-13-32(66)14-6-28)38-17-34(68)21-42(72)49(38)47(53)26-1-9-30(64)10-2-26/h1-24,46-48,53-75H,25H2. The summed E-state index contributed by atoms with van der Waals surface area (Å²) in [4.78, 5) is 0. The van der Waals surface area contributed by atoms with Gasteiger partial charge < -0.3 is 85.3 Å². The van der Waals surface area contributed by atoms with E-state index >= 15 is 0 Å². The van der Waals surface area contributed by atoms with E-state index in [4.69, 9.17) is 18.9 Å². The van der Waals surface area contributed by atoms with Gasteiger partial charge in [0, 0.05) is 70.2 Å². The molecule has 1 fully saturated rings. The Balaban J connectivity index is 1.18. The third-order valence-corrected chi connectivity index (χ3v) is 16.5. The lowest BCUT2D eigenvalue weighted by atomic mass is 9.62. The summed E-state index contributed by atoms with van der Waals surface area (Å²) in [5, 5.41) is 148. The molecule has 0 saturated carbocycles. The van der Waals surface area contributed by atoms with Crippen LogP contribution >= 0.6 is 0 Å². The molecule has 17 nitrogen and oxygen atoms in total. The maximum Gasteiger partial charge on any atom is 0.229 e. The zero-order chi connectivity index (χ0) is 54.9. The van der Waals surface area contributed by atoms with Gasteiger partial charge in [-0.25, -0.2) is 0 Å². The third-order valence-electron chi connectivity index (χ3n) is 16.5. The highest BCUT2D eigenvalue weighted by Gasteiger charge is 2.56. The molecule has 13 rings (SSSR count). The zero-order valence-corrected chi connectivity index (χ0v) is 41.5. The molecule has 0 bridgehead atoms. The Morgan fingerprint density at radius 2 is 0.759 bits per heavy atom. The Bertz CT molecular complexity index is 3680. The number of rotatable bonds is 8. The number of hydrogen-bond donors (Lipinski definition) is 13. The lowest BCUT2D eigenvalue weighted by Gasteiger charge is -2.42. The van der Waals surface area contributed by atoms with E-state index < -0.39 is 85.0 Å². The quantitative estimate of drug-likeness (QED) is 0.0688. The van der Waals surface area contributed by atoms with Crippen molar-refractivity contribution in [1.29, 1.82) is 0 Å². The molecule has 17 heteroatoms. The molecule has 0 amide bonds. The number of benzene rings is 8. The summed E-state index contributed by atoms with van der Waals surface area (Å²) in [5.74, 6) is -7.24. The van der Waals surface area contributed by atoms with Crippen molar-refractivity contribution in [3.8, 4) is 69.0 Å². The van der Waals surface area contributed by atoms with Crippen molar-refractivity contribution in [2.45, 2.75) is 78.4 Å². The minimum absolute atomic E-state index is 0.00711. The fourth-order valence-corrected chi connectivity index (χ4v) is 13.4. The normalized spacial score (nSPS) is 27.0. The Kier molecular flexibility index (Phi) is 11.8. The Labute approximate surface area is 450 Å². The van der Waals surface area contributed by atoms with Crippen LogP contribution < -0.4 is 14.2 Å². The summed E-state index contributed by atoms with van der Waals surface area (Å²) in [6.07, 6.45) is -10.6. The van der Waals surface area contributed by atoms with Crippen LogP contribution in [0.5, 0.6) is 69.0 Å². The van der Waals surface area contributed by atoms with E-state index in [-0.39, 0.29) is 69.0 Å². The van der Waals surface area contributed by atoms with Gasteiger partial charge in [0.05, 0.1) is 18.4 Å². The van der Waals surface area contributed by atoms with Crippen molar-refractivity contribution in [3.05, 3.63) is 212 Å². The number of phenols is 9. The molecule has 8 aromatic carbocycles. The first-order valence-electron chi connectivity index (χ1n) is 25.7. The predicted octanol–water partition coefficient (Wildman–Crippen LogP) is 7.91. The van der Waals surface area contributed by atoms with E-state index in [9.17, 15) is 66.4 Å². The van der Waals surface area contributed by atoms with Gasteiger partial charge in [0.25, 0.3) is 0 Å². The molecule has 5 aliphatic rings. The highest BCUT2D eigenvalue weighted by atomic mass is 16.7. The van der Waals surface area contributed by atoms with Gasteiger partial charge in [-0.3, -0.25) is 0 Å². The van der Waals surface area contributed by atoms with Crippen molar-refractivity contribution < 1.29 is 85.3 Å². The maximum absolute atomic E-state index is 12.7. The first-order valence-corrected chi connectivity index (χ1v) is 25.7. The van der Waals surface area contributed by atoms with Crippen LogP contribution in [-0.2, 0) is 4.74 Å². The average molecular weight is 1070 g/mol. The van der Waals surface area contributed by atoms with Gasteiger partial charge in [-0.15, -0.1) is 0 Å². The molecular weight excluding hydrogens is 1020 g/mol. The van der Waals surface area contributed by atoms with Gasteiger partial charge in [-0.1, -0.05) is 48.5 Å². The summed E-state index contributed by atoms with van der Waals surface area (Å²) in [7, 11) is 0. The Morgan fingerprint density at radius 1 is 0.367 bits per heavy atom. The zero-order valence-electron chi connectivity index (χ0n) is 41.5. The largest absolute Gasteiger partial charge is 0.508 e. The van der Waals surface area contributed by atoms with Gasteiger partial charge in [0.1, 0.15) is 106 Å². The Morgan fingerprint density at radius 3 is 1.22 bits per heavy atom. The molecule has 13 unspecified atom stereocenters. The highest BCUT2D eigenvalue weighted by Crippen LogP contribution is 2.69. The molecule has 1 saturated heterocycles. The number of ether oxygens (including phenoxy) is 4. The Hall–Kier alpha value is -8.84. The summed E-state index contributed by atoms with van der Waals surface area (Å²) in [5.41, 5.74) is 5.69. The summed E-state index contributed by atoms with van der Waals surface area (Å²) >= 11 is 0. The molecule has 3 aliphatic heterocycles. The molecule has 0 radical (unpaired) electrons. The van der Waals surface area contributed by atoms with Crippen molar-refractivity contribution in [1.82, 2.24) is 0 Å². The van der Waals surface area contributed by atoms with E-state index in [2.05, 4.69) is 0 Å². The topological polar surface area (TPSA) is 300 Å². The molecule has 0 aromatic heterocycles. The van der Waals surface area contributed by atoms with Crippen molar-refractivity contribution >= 4 is 0 Å². The monoisotopic (exact) mass is 1070 g/mol. The lowest BCUT2D eigenvalue weighted by Crippen LogP contribution is -2.60. The van der Waals surface area contributed by atoms with Gasteiger partial charge in [0.15, 0.2) is 0 Å². The van der Waals surface area contributed by atoms with Crippen molar-refractivity contribution in [3.63, 3.8) is 0 Å². The average Bonchev–Trinajstić information content (AvgIpc) is 3.11. The smallest absolute Gasteiger partial charge is 0.229 e. The number of aliphatic hydroxyl groups is 4. The van der Waals surface area contributed by atoms with Gasteiger partial charge >= 0.3 is 0 Å². The SMILES string of the molecule is OCC1OC(Oc2cc(O)cc3c2C(c2ccc(O)cc2)C(C2c4cc(O)cc5c4C(c4cc(O)cc(O)c4C2c2ccc(O)cc2)C(c2ccc(O)cc2)O5)c2cc(O)cc4c2C3C(c2ccc(O)cc2)O4)C(O)C(O)C1O. The fourth-order valence-electron chi connectivity index (χ4n) is 13.4. The van der Waals surface area contributed by atoms with Gasteiger partial charge in [-0.05, 0) is 117 Å². The maximum atomic E-state index is 12.7. The minimum Gasteiger partial charge on any atom is -0.508 e. The van der Waals surface area contributed by atoms with Crippen LogP contribution in [-0.4, -0.2) is 104 Å². The molecule has 8 aromatic rings. The van der Waals surface area contributed by atoms with Gasteiger partial charge in [-0.2, -0.15) is 0 Å². The number of phenolic OH excluding ortho intramolecular Hbond substituents is 9. The molecule has 0 spiro atoms. The van der Waals surface area contributed by atoms with E-state index in [1.807, 2.05) is 0 Å². The van der Waals surface area contributed by atoms with Crippen LogP contribution in [0.15, 0.2) is 146 Å². The molecule has 402 valence electrons. The molecule has 2 aliphatic carbocycles. The van der Waals surface area contributed by atoms with Crippen LogP contribution in [0.1, 0.15) is 114 Å². The van der Waals surface area contributed by atoms with Crippen LogP contribution in [0.2, 0.25) is 0 Å². The minimum atomic E-state index is -1.92.